The van der Waals surface area contributed by atoms with Crippen LogP contribution in [-0.4, -0.2) is 48.8 Å². The van der Waals surface area contributed by atoms with Crippen LogP contribution in [0.4, 0.5) is 0 Å². The smallest absolute Gasteiger partial charge is 0.251 e. The molecule has 1 amide bonds. The van der Waals surface area contributed by atoms with Crippen molar-refractivity contribution in [2.24, 2.45) is 0 Å². The van der Waals surface area contributed by atoms with E-state index >= 15 is 0 Å². The third-order valence-electron chi connectivity index (χ3n) is 1.98. The molecule has 0 aliphatic carbocycles. The Balaban J connectivity index is 3.98. The van der Waals surface area contributed by atoms with Crippen LogP contribution in [0.3, 0.4) is 0 Å². The second kappa shape index (κ2) is 6.86. The highest BCUT2D eigenvalue weighted by Crippen LogP contribution is 1.99. The van der Waals surface area contributed by atoms with E-state index in [1.54, 1.807) is 11.8 Å². The van der Waals surface area contributed by atoms with E-state index in [4.69, 9.17) is 9.84 Å². The van der Waals surface area contributed by atoms with E-state index in [2.05, 4.69) is 0 Å². The lowest BCUT2D eigenvalue weighted by molar-refractivity contribution is -0.140. The third-order valence-corrected chi connectivity index (χ3v) is 1.98. The average molecular weight is 189 g/mol. The first kappa shape index (κ1) is 12.4. The molecule has 4 heteroatoms. The molecule has 1 atom stereocenters. The minimum atomic E-state index is -0.390. The SMILES string of the molecule is CCN(CCCO)C(=O)C(C)OC. The first-order chi connectivity index (χ1) is 6.17. The fraction of sp³-hybridized carbons (Fsp3) is 0.889. The number of aliphatic hydroxyl groups excluding tert-OH is 1. The maximum absolute atomic E-state index is 11.5. The van der Waals surface area contributed by atoms with Gasteiger partial charge in [0, 0.05) is 26.8 Å². The Kier molecular flexibility index (Phi) is 6.54. The van der Waals surface area contributed by atoms with Crippen molar-refractivity contribution in [3.05, 3.63) is 0 Å². The number of amides is 1. The number of nitrogens with zero attached hydrogens (tertiary/aromatic N) is 1. The minimum Gasteiger partial charge on any atom is -0.396 e. The van der Waals surface area contributed by atoms with Crippen LogP contribution in [0.2, 0.25) is 0 Å². The second-order valence-corrected chi connectivity index (χ2v) is 2.87. The summed E-state index contributed by atoms with van der Waals surface area (Å²) in [5.74, 6) is -0.0153. The number of carbonyl (C=O) groups excluding carboxylic acids is 1. The van der Waals surface area contributed by atoms with Gasteiger partial charge >= 0.3 is 0 Å². The number of aliphatic hydroxyl groups is 1. The number of hydrogen-bond acceptors (Lipinski definition) is 3. The zero-order chi connectivity index (χ0) is 10.3. The molecule has 0 aliphatic heterocycles. The Bertz CT molecular complexity index is 150. The quantitative estimate of drug-likeness (QED) is 0.651. The van der Waals surface area contributed by atoms with Crippen molar-refractivity contribution in [2.75, 3.05) is 26.8 Å². The van der Waals surface area contributed by atoms with Gasteiger partial charge in [-0.15, -0.1) is 0 Å². The Hall–Kier alpha value is -0.610. The Morgan fingerprint density at radius 2 is 2.23 bits per heavy atom. The molecule has 1 N–H and O–H groups in total. The third kappa shape index (κ3) is 4.24. The highest BCUT2D eigenvalue weighted by Gasteiger charge is 2.17. The van der Waals surface area contributed by atoms with E-state index < -0.39 is 6.10 Å². The first-order valence-electron chi connectivity index (χ1n) is 4.59. The molecular formula is C9H19NO3. The Morgan fingerprint density at radius 3 is 2.62 bits per heavy atom. The molecule has 78 valence electrons. The van der Waals surface area contributed by atoms with Crippen molar-refractivity contribution in [3.63, 3.8) is 0 Å². The highest BCUT2D eigenvalue weighted by atomic mass is 16.5. The molecule has 0 spiro atoms. The summed E-state index contributed by atoms with van der Waals surface area (Å²) in [5, 5.41) is 8.62. The number of carbonyl (C=O) groups is 1. The van der Waals surface area contributed by atoms with Gasteiger partial charge in [0.2, 0.25) is 0 Å². The largest absolute Gasteiger partial charge is 0.396 e. The van der Waals surface area contributed by atoms with Crippen LogP contribution in [0.1, 0.15) is 20.3 Å². The molecule has 0 saturated carbocycles. The van der Waals surface area contributed by atoms with Crippen LogP contribution in [0.5, 0.6) is 0 Å². The van der Waals surface area contributed by atoms with E-state index in [0.717, 1.165) is 0 Å². The molecule has 0 aromatic carbocycles. The predicted molar refractivity (Wildman–Crippen MR) is 50.4 cm³/mol. The molecular weight excluding hydrogens is 170 g/mol. The molecule has 0 bridgehead atoms. The van der Waals surface area contributed by atoms with E-state index in [-0.39, 0.29) is 12.5 Å². The van der Waals surface area contributed by atoms with Crippen molar-refractivity contribution >= 4 is 5.91 Å². The Labute approximate surface area is 79.5 Å². The summed E-state index contributed by atoms with van der Waals surface area (Å²) in [7, 11) is 1.52. The molecule has 13 heavy (non-hydrogen) atoms. The van der Waals surface area contributed by atoms with Gasteiger partial charge in [0.25, 0.3) is 5.91 Å². The van der Waals surface area contributed by atoms with Gasteiger partial charge in [0.05, 0.1) is 0 Å². The molecule has 1 unspecified atom stereocenters. The average Bonchev–Trinajstić information content (AvgIpc) is 2.17. The molecule has 0 aromatic rings. The summed E-state index contributed by atoms with van der Waals surface area (Å²) >= 11 is 0. The van der Waals surface area contributed by atoms with Gasteiger partial charge in [-0.1, -0.05) is 0 Å². The fourth-order valence-electron chi connectivity index (χ4n) is 1.04. The lowest BCUT2D eigenvalue weighted by Gasteiger charge is -2.23. The van der Waals surface area contributed by atoms with Crippen LogP contribution in [0.25, 0.3) is 0 Å². The highest BCUT2D eigenvalue weighted by molar-refractivity contribution is 5.80. The van der Waals surface area contributed by atoms with Gasteiger partial charge < -0.3 is 14.7 Å². The van der Waals surface area contributed by atoms with Gasteiger partial charge in [-0.05, 0) is 20.3 Å². The summed E-state index contributed by atoms with van der Waals surface area (Å²) in [6, 6.07) is 0. The van der Waals surface area contributed by atoms with Crippen LogP contribution >= 0.6 is 0 Å². The summed E-state index contributed by atoms with van der Waals surface area (Å²) in [6.07, 6.45) is 0.231. The zero-order valence-corrected chi connectivity index (χ0v) is 8.62. The van der Waals surface area contributed by atoms with E-state index in [9.17, 15) is 4.79 Å². The van der Waals surface area contributed by atoms with Crippen molar-refractivity contribution in [1.29, 1.82) is 0 Å². The van der Waals surface area contributed by atoms with E-state index in [0.29, 0.717) is 19.5 Å². The monoisotopic (exact) mass is 189 g/mol. The van der Waals surface area contributed by atoms with Crippen molar-refractivity contribution in [1.82, 2.24) is 4.90 Å². The standard InChI is InChI=1S/C9H19NO3/c1-4-10(6-5-7-11)9(12)8(2)13-3/h8,11H,4-7H2,1-3H3. The number of methoxy groups -OCH3 is 1. The van der Waals surface area contributed by atoms with Crippen LogP contribution in [0.15, 0.2) is 0 Å². The summed E-state index contributed by atoms with van der Waals surface area (Å²) < 4.78 is 4.92. The normalized spacial score (nSPS) is 12.6. The first-order valence-corrected chi connectivity index (χ1v) is 4.59. The predicted octanol–water partition coefficient (Wildman–Crippen LogP) is 0.252. The number of rotatable bonds is 6. The number of hydrogen-bond donors (Lipinski definition) is 1. The molecule has 0 saturated heterocycles. The number of likely N-dealkylation sites (N-methyl/N-ethyl adjacent to an activating group) is 1. The zero-order valence-electron chi connectivity index (χ0n) is 8.62. The fourth-order valence-corrected chi connectivity index (χ4v) is 1.04. The molecule has 4 nitrogen and oxygen atoms in total. The van der Waals surface area contributed by atoms with Gasteiger partial charge in [-0.25, -0.2) is 0 Å². The van der Waals surface area contributed by atoms with Crippen LogP contribution in [0, 0.1) is 0 Å². The molecule has 0 heterocycles. The lowest BCUT2D eigenvalue weighted by atomic mass is 10.3. The topological polar surface area (TPSA) is 49.8 Å². The maximum atomic E-state index is 11.5. The lowest BCUT2D eigenvalue weighted by Crippen LogP contribution is -2.39. The molecule has 0 fully saturated rings. The maximum Gasteiger partial charge on any atom is 0.251 e. The van der Waals surface area contributed by atoms with Crippen molar-refractivity contribution in [2.45, 2.75) is 26.4 Å². The summed E-state index contributed by atoms with van der Waals surface area (Å²) in [4.78, 5) is 13.2. The van der Waals surface area contributed by atoms with Crippen molar-refractivity contribution in [3.8, 4) is 0 Å². The van der Waals surface area contributed by atoms with Crippen molar-refractivity contribution < 1.29 is 14.6 Å². The molecule has 0 aliphatic rings. The van der Waals surface area contributed by atoms with Crippen LogP contribution < -0.4 is 0 Å². The minimum absolute atomic E-state index is 0.0153. The Morgan fingerprint density at radius 1 is 1.62 bits per heavy atom. The van der Waals surface area contributed by atoms with E-state index in [1.807, 2.05) is 6.92 Å². The van der Waals surface area contributed by atoms with Gasteiger partial charge in [0.15, 0.2) is 0 Å². The summed E-state index contributed by atoms with van der Waals surface area (Å²) in [5.41, 5.74) is 0. The molecule has 0 radical (unpaired) electrons. The van der Waals surface area contributed by atoms with Gasteiger partial charge in [0.1, 0.15) is 6.10 Å². The van der Waals surface area contributed by atoms with E-state index in [1.165, 1.54) is 7.11 Å². The summed E-state index contributed by atoms with van der Waals surface area (Å²) in [6.45, 7) is 5.01. The van der Waals surface area contributed by atoms with Crippen LogP contribution in [-0.2, 0) is 9.53 Å². The number of ether oxygens (including phenoxy) is 1. The molecule has 0 aromatic heterocycles. The second-order valence-electron chi connectivity index (χ2n) is 2.87. The van der Waals surface area contributed by atoms with Gasteiger partial charge in [-0.2, -0.15) is 0 Å². The van der Waals surface area contributed by atoms with Gasteiger partial charge in [-0.3, -0.25) is 4.79 Å². The molecule has 0 rings (SSSR count).